The summed E-state index contributed by atoms with van der Waals surface area (Å²) in [5.74, 6) is -0.113. The molecule has 1 N–H and O–H groups in total. The molecule has 2 aromatic carbocycles. The summed E-state index contributed by atoms with van der Waals surface area (Å²) in [5.41, 5.74) is 3.66. The van der Waals surface area contributed by atoms with Gasteiger partial charge >= 0.3 is 0 Å². The van der Waals surface area contributed by atoms with E-state index in [2.05, 4.69) is 32.2 Å². The average molecular weight is 316 g/mol. The predicted octanol–water partition coefficient (Wildman–Crippen LogP) is 5.45. The predicted molar refractivity (Wildman–Crippen MR) is 93.9 cm³/mol. The van der Waals surface area contributed by atoms with E-state index in [1.165, 1.54) is 5.56 Å². The zero-order chi connectivity index (χ0) is 16.3. The lowest BCUT2D eigenvalue weighted by molar-refractivity contribution is 0.102. The highest BCUT2D eigenvalue weighted by Crippen LogP contribution is 2.25. The fraction of sp³-hybridized carbons (Fsp3) is 0.316. The second-order valence-corrected chi connectivity index (χ2v) is 6.85. The number of halogens is 1. The molecule has 0 aliphatic heterocycles. The van der Waals surface area contributed by atoms with Gasteiger partial charge in [0.15, 0.2) is 0 Å². The third kappa shape index (κ3) is 3.89. The van der Waals surface area contributed by atoms with Gasteiger partial charge in [0.05, 0.1) is 0 Å². The Morgan fingerprint density at radius 1 is 1.14 bits per heavy atom. The molecule has 0 fully saturated rings. The minimum absolute atomic E-state index is 0.0520. The van der Waals surface area contributed by atoms with E-state index in [1.807, 2.05) is 31.2 Å². The SMILES string of the molecule is CCc1cc(C(=O)Nc2cccc(C(C)(C)C)c2)ccc1Cl. The van der Waals surface area contributed by atoms with Crippen molar-refractivity contribution in [3.8, 4) is 0 Å². The Morgan fingerprint density at radius 3 is 2.50 bits per heavy atom. The van der Waals surface area contributed by atoms with E-state index in [1.54, 1.807) is 12.1 Å². The van der Waals surface area contributed by atoms with Crippen LogP contribution in [0.2, 0.25) is 5.02 Å². The number of aryl methyl sites for hydroxylation is 1. The van der Waals surface area contributed by atoms with Gasteiger partial charge in [0.25, 0.3) is 5.91 Å². The molecule has 116 valence electrons. The van der Waals surface area contributed by atoms with Crippen molar-refractivity contribution in [2.75, 3.05) is 5.32 Å². The molecule has 0 bridgehead atoms. The van der Waals surface area contributed by atoms with Crippen LogP contribution in [-0.4, -0.2) is 5.91 Å². The first-order valence-corrected chi connectivity index (χ1v) is 7.89. The molecule has 0 saturated heterocycles. The summed E-state index contributed by atoms with van der Waals surface area (Å²) in [6.45, 7) is 8.48. The maximum absolute atomic E-state index is 12.4. The number of carbonyl (C=O) groups excluding carboxylic acids is 1. The smallest absolute Gasteiger partial charge is 0.255 e. The van der Waals surface area contributed by atoms with Gasteiger partial charge < -0.3 is 5.32 Å². The first-order valence-electron chi connectivity index (χ1n) is 7.51. The van der Waals surface area contributed by atoms with Gasteiger partial charge in [-0.3, -0.25) is 4.79 Å². The van der Waals surface area contributed by atoms with Gasteiger partial charge in [-0.15, -0.1) is 0 Å². The van der Waals surface area contributed by atoms with Crippen LogP contribution in [0.1, 0.15) is 49.2 Å². The summed E-state index contributed by atoms with van der Waals surface area (Å²) in [5, 5.41) is 3.66. The minimum Gasteiger partial charge on any atom is -0.322 e. The number of benzene rings is 2. The van der Waals surface area contributed by atoms with Gasteiger partial charge in [0.1, 0.15) is 0 Å². The van der Waals surface area contributed by atoms with Crippen LogP contribution in [-0.2, 0) is 11.8 Å². The van der Waals surface area contributed by atoms with Gasteiger partial charge in [-0.1, -0.05) is 51.4 Å². The van der Waals surface area contributed by atoms with Gasteiger partial charge in [-0.25, -0.2) is 0 Å². The number of hydrogen-bond acceptors (Lipinski definition) is 1. The lowest BCUT2D eigenvalue weighted by Crippen LogP contribution is -2.15. The van der Waals surface area contributed by atoms with Crippen molar-refractivity contribution in [1.82, 2.24) is 0 Å². The minimum atomic E-state index is -0.113. The van der Waals surface area contributed by atoms with E-state index in [9.17, 15) is 4.79 Å². The molecule has 1 amide bonds. The van der Waals surface area contributed by atoms with Crippen LogP contribution in [0.5, 0.6) is 0 Å². The lowest BCUT2D eigenvalue weighted by atomic mass is 9.87. The Morgan fingerprint density at radius 2 is 1.86 bits per heavy atom. The van der Waals surface area contributed by atoms with Crippen molar-refractivity contribution in [2.45, 2.75) is 39.5 Å². The summed E-state index contributed by atoms with van der Waals surface area (Å²) in [7, 11) is 0. The van der Waals surface area contributed by atoms with Crippen molar-refractivity contribution in [2.24, 2.45) is 0 Å². The third-order valence-corrected chi connectivity index (χ3v) is 4.04. The van der Waals surface area contributed by atoms with Crippen LogP contribution in [0.3, 0.4) is 0 Å². The van der Waals surface area contributed by atoms with Crippen molar-refractivity contribution < 1.29 is 4.79 Å². The fourth-order valence-corrected chi connectivity index (χ4v) is 2.50. The van der Waals surface area contributed by atoms with Gasteiger partial charge in [-0.05, 0) is 53.3 Å². The molecule has 2 nitrogen and oxygen atoms in total. The number of hydrogen-bond donors (Lipinski definition) is 1. The Labute approximate surface area is 137 Å². The van der Waals surface area contributed by atoms with Crippen molar-refractivity contribution in [1.29, 1.82) is 0 Å². The second-order valence-electron chi connectivity index (χ2n) is 6.44. The molecule has 22 heavy (non-hydrogen) atoms. The van der Waals surface area contributed by atoms with Gasteiger partial charge in [-0.2, -0.15) is 0 Å². The molecular weight excluding hydrogens is 294 g/mol. The van der Waals surface area contributed by atoms with Crippen LogP contribution < -0.4 is 5.32 Å². The van der Waals surface area contributed by atoms with Gasteiger partial charge in [0.2, 0.25) is 0 Å². The third-order valence-electron chi connectivity index (χ3n) is 3.68. The summed E-state index contributed by atoms with van der Waals surface area (Å²) >= 11 is 6.10. The van der Waals surface area contributed by atoms with E-state index < -0.39 is 0 Å². The monoisotopic (exact) mass is 315 g/mol. The molecule has 0 radical (unpaired) electrons. The molecule has 3 heteroatoms. The van der Waals surface area contributed by atoms with Crippen LogP contribution >= 0.6 is 11.6 Å². The Hall–Kier alpha value is -1.80. The number of rotatable bonds is 3. The summed E-state index contributed by atoms with van der Waals surface area (Å²) in [4.78, 5) is 12.4. The highest BCUT2D eigenvalue weighted by molar-refractivity contribution is 6.31. The molecule has 0 aliphatic carbocycles. The van der Waals surface area contributed by atoms with Crippen molar-refractivity contribution in [3.05, 3.63) is 64.2 Å². The lowest BCUT2D eigenvalue weighted by Gasteiger charge is -2.20. The molecule has 0 aromatic heterocycles. The van der Waals surface area contributed by atoms with Crippen LogP contribution in [0, 0.1) is 0 Å². The van der Waals surface area contributed by atoms with Gasteiger partial charge in [0, 0.05) is 16.3 Å². The Kier molecular flexibility index (Phi) is 4.92. The first kappa shape index (κ1) is 16.6. The molecule has 0 atom stereocenters. The Bertz CT molecular complexity index is 686. The quantitative estimate of drug-likeness (QED) is 0.801. The maximum atomic E-state index is 12.4. The number of anilines is 1. The molecule has 0 aliphatic rings. The van der Waals surface area contributed by atoms with Crippen LogP contribution in [0.4, 0.5) is 5.69 Å². The standard InChI is InChI=1S/C19H22ClNO/c1-5-13-11-14(9-10-17(13)20)18(22)21-16-8-6-7-15(12-16)19(2,3)4/h6-12H,5H2,1-4H3,(H,21,22). The normalized spacial score (nSPS) is 11.3. The molecule has 0 heterocycles. The molecule has 0 spiro atoms. The molecule has 2 rings (SSSR count). The molecular formula is C19H22ClNO. The molecule has 2 aromatic rings. The van der Waals surface area contributed by atoms with E-state index in [0.717, 1.165) is 17.7 Å². The van der Waals surface area contributed by atoms with E-state index >= 15 is 0 Å². The fourth-order valence-electron chi connectivity index (χ4n) is 2.25. The summed E-state index contributed by atoms with van der Waals surface area (Å²) in [6, 6.07) is 13.4. The average Bonchev–Trinajstić information content (AvgIpc) is 2.47. The van der Waals surface area contributed by atoms with E-state index in [4.69, 9.17) is 11.6 Å². The first-order chi connectivity index (χ1) is 10.3. The second kappa shape index (κ2) is 6.53. The van der Waals surface area contributed by atoms with E-state index in [-0.39, 0.29) is 11.3 Å². The van der Waals surface area contributed by atoms with Crippen molar-refractivity contribution >= 4 is 23.2 Å². The maximum Gasteiger partial charge on any atom is 0.255 e. The van der Waals surface area contributed by atoms with Crippen molar-refractivity contribution in [3.63, 3.8) is 0 Å². The molecule has 0 unspecified atom stereocenters. The van der Waals surface area contributed by atoms with E-state index in [0.29, 0.717) is 10.6 Å². The largest absolute Gasteiger partial charge is 0.322 e. The number of carbonyl (C=O) groups is 1. The van der Waals surface area contributed by atoms with Crippen LogP contribution in [0.15, 0.2) is 42.5 Å². The zero-order valence-electron chi connectivity index (χ0n) is 13.5. The molecule has 0 saturated carbocycles. The Balaban J connectivity index is 2.22. The highest BCUT2D eigenvalue weighted by atomic mass is 35.5. The number of nitrogens with one attached hydrogen (secondary N) is 1. The zero-order valence-corrected chi connectivity index (χ0v) is 14.3. The topological polar surface area (TPSA) is 29.1 Å². The summed E-state index contributed by atoms with van der Waals surface area (Å²) < 4.78 is 0. The highest BCUT2D eigenvalue weighted by Gasteiger charge is 2.14. The summed E-state index contributed by atoms with van der Waals surface area (Å²) in [6.07, 6.45) is 0.805. The van der Waals surface area contributed by atoms with Crippen LogP contribution in [0.25, 0.3) is 0 Å². The number of amides is 1.